The SMILES string of the molecule is Cc1noc([C@H]2C[C@@H](O)CN2Cc2noc(CC(C)C)n2)n1. The van der Waals surface area contributed by atoms with E-state index in [-0.39, 0.29) is 6.04 Å². The van der Waals surface area contributed by atoms with Crippen LogP contribution in [-0.2, 0) is 13.0 Å². The average Bonchev–Trinajstić information content (AvgIpc) is 3.11. The van der Waals surface area contributed by atoms with Crippen LogP contribution in [0.5, 0.6) is 0 Å². The van der Waals surface area contributed by atoms with Gasteiger partial charge in [-0.15, -0.1) is 0 Å². The Balaban J connectivity index is 1.71. The van der Waals surface area contributed by atoms with Crippen molar-refractivity contribution in [2.24, 2.45) is 5.92 Å². The highest BCUT2D eigenvalue weighted by atomic mass is 16.5. The number of β-amino-alcohol motifs (C(OH)–C–C–N with tert-alkyl or cyclic N) is 1. The van der Waals surface area contributed by atoms with Crippen molar-refractivity contribution in [3.63, 3.8) is 0 Å². The summed E-state index contributed by atoms with van der Waals surface area (Å²) in [6.07, 6.45) is 0.916. The van der Waals surface area contributed by atoms with Gasteiger partial charge < -0.3 is 14.2 Å². The van der Waals surface area contributed by atoms with Crippen LogP contribution in [0.4, 0.5) is 0 Å². The van der Waals surface area contributed by atoms with Gasteiger partial charge in [0.1, 0.15) is 0 Å². The van der Waals surface area contributed by atoms with Crippen LogP contribution < -0.4 is 0 Å². The fourth-order valence-electron chi connectivity index (χ4n) is 2.73. The van der Waals surface area contributed by atoms with E-state index in [4.69, 9.17) is 9.05 Å². The van der Waals surface area contributed by atoms with E-state index in [2.05, 4.69) is 34.1 Å². The monoisotopic (exact) mass is 307 g/mol. The Hall–Kier alpha value is -1.80. The first-order valence-electron chi connectivity index (χ1n) is 7.55. The molecule has 1 N–H and O–H groups in total. The third-order valence-corrected chi connectivity index (χ3v) is 3.65. The fraction of sp³-hybridized carbons (Fsp3) is 0.714. The molecule has 1 aliphatic rings. The van der Waals surface area contributed by atoms with Gasteiger partial charge in [0.25, 0.3) is 0 Å². The number of rotatable bonds is 5. The van der Waals surface area contributed by atoms with E-state index in [0.717, 1.165) is 6.42 Å². The molecular weight excluding hydrogens is 286 g/mol. The maximum absolute atomic E-state index is 9.94. The molecule has 3 rings (SSSR count). The number of aliphatic hydroxyl groups excluding tert-OH is 1. The van der Waals surface area contributed by atoms with Gasteiger partial charge in [-0.25, -0.2) is 0 Å². The maximum Gasteiger partial charge on any atom is 0.244 e. The molecule has 120 valence electrons. The van der Waals surface area contributed by atoms with Gasteiger partial charge in [0.15, 0.2) is 11.6 Å². The van der Waals surface area contributed by atoms with Crippen molar-refractivity contribution in [1.82, 2.24) is 25.2 Å². The Labute approximate surface area is 128 Å². The molecule has 2 atom stereocenters. The van der Waals surface area contributed by atoms with Crippen LogP contribution in [0, 0.1) is 12.8 Å². The number of aryl methyl sites for hydroxylation is 1. The molecule has 8 heteroatoms. The quantitative estimate of drug-likeness (QED) is 0.881. The molecule has 2 aromatic rings. The lowest BCUT2D eigenvalue weighted by Gasteiger charge is -2.18. The first-order chi connectivity index (χ1) is 10.5. The minimum absolute atomic E-state index is 0.108. The van der Waals surface area contributed by atoms with Crippen LogP contribution >= 0.6 is 0 Å². The van der Waals surface area contributed by atoms with E-state index in [1.807, 2.05) is 4.90 Å². The number of aromatic nitrogens is 4. The zero-order valence-corrected chi connectivity index (χ0v) is 13.1. The minimum Gasteiger partial charge on any atom is -0.392 e. The molecule has 1 fully saturated rings. The van der Waals surface area contributed by atoms with Gasteiger partial charge in [-0.3, -0.25) is 4.90 Å². The largest absolute Gasteiger partial charge is 0.392 e. The van der Waals surface area contributed by atoms with Gasteiger partial charge in [-0.1, -0.05) is 24.2 Å². The minimum atomic E-state index is -0.417. The Morgan fingerprint density at radius 3 is 2.77 bits per heavy atom. The summed E-state index contributed by atoms with van der Waals surface area (Å²) in [4.78, 5) is 10.7. The maximum atomic E-state index is 9.94. The Morgan fingerprint density at radius 2 is 2.09 bits per heavy atom. The molecule has 0 aromatic carbocycles. The van der Waals surface area contributed by atoms with Crippen molar-refractivity contribution in [2.45, 2.75) is 52.3 Å². The van der Waals surface area contributed by atoms with Gasteiger partial charge in [-0.2, -0.15) is 9.97 Å². The van der Waals surface area contributed by atoms with Crippen LogP contribution in [0.1, 0.15) is 49.7 Å². The molecule has 8 nitrogen and oxygen atoms in total. The van der Waals surface area contributed by atoms with E-state index in [1.54, 1.807) is 6.92 Å². The highest BCUT2D eigenvalue weighted by Crippen LogP contribution is 2.32. The third kappa shape index (κ3) is 3.33. The molecule has 3 heterocycles. The summed E-state index contributed by atoms with van der Waals surface area (Å²) >= 11 is 0. The molecule has 0 bridgehead atoms. The van der Waals surface area contributed by atoms with Crippen molar-refractivity contribution in [1.29, 1.82) is 0 Å². The van der Waals surface area contributed by atoms with Gasteiger partial charge in [-0.05, 0) is 19.3 Å². The molecule has 1 saturated heterocycles. The highest BCUT2D eigenvalue weighted by Gasteiger charge is 2.36. The van der Waals surface area contributed by atoms with E-state index in [1.165, 1.54) is 0 Å². The Kier molecular flexibility index (Phi) is 4.21. The second kappa shape index (κ2) is 6.13. The molecule has 0 amide bonds. The third-order valence-electron chi connectivity index (χ3n) is 3.65. The predicted molar refractivity (Wildman–Crippen MR) is 75.6 cm³/mol. The number of nitrogens with zero attached hydrogens (tertiary/aromatic N) is 5. The molecule has 0 unspecified atom stereocenters. The van der Waals surface area contributed by atoms with E-state index < -0.39 is 6.10 Å². The number of hydrogen-bond acceptors (Lipinski definition) is 8. The second-order valence-electron chi connectivity index (χ2n) is 6.22. The van der Waals surface area contributed by atoms with Crippen LogP contribution in [0.25, 0.3) is 0 Å². The van der Waals surface area contributed by atoms with Crippen LogP contribution in [0.3, 0.4) is 0 Å². The lowest BCUT2D eigenvalue weighted by Crippen LogP contribution is -2.25. The van der Waals surface area contributed by atoms with Crippen molar-refractivity contribution in [2.75, 3.05) is 6.54 Å². The smallest absolute Gasteiger partial charge is 0.244 e. The summed E-state index contributed by atoms with van der Waals surface area (Å²) in [5, 5.41) is 17.8. The molecule has 0 aliphatic carbocycles. The fourth-order valence-corrected chi connectivity index (χ4v) is 2.73. The molecule has 1 aliphatic heterocycles. The lowest BCUT2D eigenvalue weighted by molar-refractivity contribution is 0.166. The molecule has 0 radical (unpaired) electrons. The summed E-state index contributed by atoms with van der Waals surface area (Å²) < 4.78 is 10.5. The predicted octanol–water partition coefficient (Wildman–Crippen LogP) is 1.27. The first kappa shape index (κ1) is 15.1. The highest BCUT2D eigenvalue weighted by molar-refractivity contribution is 5.00. The molecule has 2 aromatic heterocycles. The van der Waals surface area contributed by atoms with E-state index in [0.29, 0.717) is 48.9 Å². The van der Waals surface area contributed by atoms with Crippen molar-refractivity contribution < 1.29 is 14.2 Å². The first-order valence-corrected chi connectivity index (χ1v) is 7.55. The normalized spacial score (nSPS) is 22.8. The molecule has 0 spiro atoms. The number of likely N-dealkylation sites (tertiary alicyclic amines) is 1. The molecular formula is C14H21N5O3. The Bertz CT molecular complexity index is 624. The summed E-state index contributed by atoms with van der Waals surface area (Å²) in [6.45, 7) is 7.01. The van der Waals surface area contributed by atoms with Crippen molar-refractivity contribution >= 4 is 0 Å². The van der Waals surface area contributed by atoms with Gasteiger partial charge >= 0.3 is 0 Å². The standard InChI is InChI=1S/C14H21N5O3/c1-8(2)4-13-16-12(18-21-13)7-19-6-10(20)5-11(19)14-15-9(3)17-22-14/h8,10-11,20H,4-7H2,1-3H3/t10-,11-/m1/s1. The zero-order chi connectivity index (χ0) is 15.7. The van der Waals surface area contributed by atoms with Crippen molar-refractivity contribution in [3.8, 4) is 0 Å². The number of hydrogen-bond donors (Lipinski definition) is 1. The average molecular weight is 307 g/mol. The molecule has 0 saturated carbocycles. The Morgan fingerprint density at radius 1 is 1.27 bits per heavy atom. The van der Waals surface area contributed by atoms with E-state index >= 15 is 0 Å². The second-order valence-corrected chi connectivity index (χ2v) is 6.22. The zero-order valence-electron chi connectivity index (χ0n) is 13.1. The molecule has 22 heavy (non-hydrogen) atoms. The lowest BCUT2D eigenvalue weighted by atomic mass is 10.1. The van der Waals surface area contributed by atoms with Crippen molar-refractivity contribution in [3.05, 3.63) is 23.4 Å². The summed E-state index contributed by atoms with van der Waals surface area (Å²) in [5.74, 6) is 2.85. The van der Waals surface area contributed by atoms with Crippen LogP contribution in [0.2, 0.25) is 0 Å². The van der Waals surface area contributed by atoms with Crippen LogP contribution in [-0.4, -0.2) is 42.9 Å². The number of aliphatic hydroxyl groups is 1. The van der Waals surface area contributed by atoms with Crippen LogP contribution in [0.15, 0.2) is 9.05 Å². The van der Waals surface area contributed by atoms with Gasteiger partial charge in [0.2, 0.25) is 11.8 Å². The van der Waals surface area contributed by atoms with E-state index in [9.17, 15) is 5.11 Å². The topological polar surface area (TPSA) is 101 Å². The summed E-state index contributed by atoms with van der Waals surface area (Å²) in [6, 6.07) is -0.108. The van der Waals surface area contributed by atoms with Gasteiger partial charge in [0, 0.05) is 13.0 Å². The summed E-state index contributed by atoms with van der Waals surface area (Å²) in [7, 11) is 0. The summed E-state index contributed by atoms with van der Waals surface area (Å²) in [5.41, 5.74) is 0. The van der Waals surface area contributed by atoms with Gasteiger partial charge in [0.05, 0.1) is 18.7 Å².